The molecule has 2 aliphatic carbocycles. The Kier molecular flexibility index (Phi) is 2.89. The monoisotopic (exact) mass is 298 g/mol. The second-order valence-corrected chi connectivity index (χ2v) is 7.68. The number of ketones is 2. The van der Waals surface area contributed by atoms with Gasteiger partial charge in [0.15, 0.2) is 5.78 Å². The molecule has 94 valence electrons. The van der Waals surface area contributed by atoms with E-state index in [4.69, 9.17) is 0 Å². The highest BCUT2D eigenvalue weighted by Crippen LogP contribution is 2.59. The molecule has 0 aromatic heterocycles. The van der Waals surface area contributed by atoms with Gasteiger partial charge in [-0.25, -0.2) is 0 Å². The number of carbonyl (C=O) groups is 2. The summed E-state index contributed by atoms with van der Waals surface area (Å²) < 4.78 is -0.378. The third kappa shape index (κ3) is 2.14. The summed E-state index contributed by atoms with van der Waals surface area (Å²) in [7, 11) is 0. The van der Waals surface area contributed by atoms with E-state index in [1.165, 1.54) is 5.57 Å². The summed E-state index contributed by atoms with van der Waals surface area (Å²) in [6.45, 7) is 7.80. The maximum absolute atomic E-state index is 12.0. The summed E-state index contributed by atoms with van der Waals surface area (Å²) >= 11 is 3.55. The minimum absolute atomic E-state index is 0.0409. The molecule has 2 aliphatic rings. The molecule has 2 nitrogen and oxygen atoms in total. The molecule has 0 amide bonds. The first-order chi connectivity index (χ1) is 7.67. The Morgan fingerprint density at radius 2 is 1.94 bits per heavy atom. The molecule has 1 fully saturated rings. The third-order valence-electron chi connectivity index (χ3n) is 4.11. The molecule has 2 atom stereocenters. The first kappa shape index (κ1) is 13.0. The Morgan fingerprint density at radius 3 is 2.41 bits per heavy atom. The molecule has 0 aromatic carbocycles. The highest BCUT2D eigenvalue weighted by atomic mass is 79.9. The fraction of sp³-hybridized carbons (Fsp3) is 0.714. The standard InChI is InChI=1S/C14H19BrO2/c1-8-10(5-13(3,4)7-12(8)17)11-6-14(11,15)9(2)16/h11H,5-7H2,1-4H3/t11-,14+/m0/s1. The molecule has 17 heavy (non-hydrogen) atoms. The van der Waals surface area contributed by atoms with Gasteiger partial charge >= 0.3 is 0 Å². The number of halogens is 1. The van der Waals surface area contributed by atoms with Crippen LogP contribution < -0.4 is 0 Å². The zero-order chi connectivity index (χ0) is 13.0. The van der Waals surface area contributed by atoms with Crippen molar-refractivity contribution in [1.29, 1.82) is 0 Å². The van der Waals surface area contributed by atoms with Gasteiger partial charge in [-0.2, -0.15) is 0 Å². The van der Waals surface area contributed by atoms with E-state index in [0.29, 0.717) is 6.42 Å². The van der Waals surface area contributed by atoms with Gasteiger partial charge in [-0.05, 0) is 37.7 Å². The minimum Gasteiger partial charge on any atom is -0.298 e. The van der Waals surface area contributed by atoms with Crippen molar-refractivity contribution >= 4 is 27.5 Å². The SMILES string of the molecule is CC(=O)[C@]1(Br)C[C@H]1C1=C(C)C(=O)CC(C)(C)C1. The van der Waals surface area contributed by atoms with Crippen molar-refractivity contribution < 1.29 is 9.59 Å². The van der Waals surface area contributed by atoms with Crippen LogP contribution in [0.15, 0.2) is 11.1 Å². The predicted octanol–water partition coefficient (Wildman–Crippen LogP) is 3.43. The van der Waals surface area contributed by atoms with Gasteiger partial charge in [0.2, 0.25) is 0 Å². The Labute approximate surface area is 111 Å². The van der Waals surface area contributed by atoms with E-state index in [2.05, 4.69) is 29.8 Å². The lowest BCUT2D eigenvalue weighted by Crippen LogP contribution is -2.27. The summed E-state index contributed by atoms with van der Waals surface area (Å²) in [5, 5.41) is 0. The molecule has 0 N–H and O–H groups in total. The zero-order valence-corrected chi connectivity index (χ0v) is 12.5. The molecule has 0 unspecified atom stereocenters. The fourth-order valence-electron chi connectivity index (χ4n) is 2.87. The van der Waals surface area contributed by atoms with Crippen molar-refractivity contribution in [3.63, 3.8) is 0 Å². The molecular formula is C14H19BrO2. The van der Waals surface area contributed by atoms with Crippen LogP contribution >= 0.6 is 15.9 Å². The Balaban J connectivity index is 2.31. The van der Waals surface area contributed by atoms with E-state index < -0.39 is 0 Å². The van der Waals surface area contributed by atoms with Crippen LogP contribution in [-0.2, 0) is 9.59 Å². The van der Waals surface area contributed by atoms with Gasteiger partial charge in [-0.1, -0.05) is 35.4 Å². The minimum atomic E-state index is -0.378. The molecule has 3 heteroatoms. The van der Waals surface area contributed by atoms with Gasteiger partial charge in [0.05, 0.1) is 4.32 Å². The van der Waals surface area contributed by atoms with Crippen molar-refractivity contribution in [3.8, 4) is 0 Å². The average molecular weight is 299 g/mol. The zero-order valence-electron chi connectivity index (χ0n) is 10.9. The third-order valence-corrected chi connectivity index (χ3v) is 5.54. The molecule has 0 aliphatic heterocycles. The number of hydrogen-bond donors (Lipinski definition) is 0. The number of Topliss-reactive ketones (excluding diaryl/α,β-unsaturated/α-hetero) is 2. The Bertz CT molecular complexity index is 434. The molecule has 0 radical (unpaired) electrons. The van der Waals surface area contributed by atoms with Gasteiger partial charge < -0.3 is 0 Å². The van der Waals surface area contributed by atoms with Crippen LogP contribution in [0, 0.1) is 11.3 Å². The first-order valence-electron chi connectivity index (χ1n) is 6.10. The van der Waals surface area contributed by atoms with Crippen LogP contribution in [0.3, 0.4) is 0 Å². The van der Waals surface area contributed by atoms with E-state index in [0.717, 1.165) is 18.4 Å². The van der Waals surface area contributed by atoms with E-state index in [1.54, 1.807) is 6.92 Å². The van der Waals surface area contributed by atoms with Crippen LogP contribution in [0.5, 0.6) is 0 Å². The summed E-state index contributed by atoms with van der Waals surface area (Å²) in [5.74, 6) is 0.670. The first-order valence-corrected chi connectivity index (χ1v) is 6.89. The van der Waals surface area contributed by atoms with Crippen LogP contribution in [-0.4, -0.2) is 15.9 Å². The predicted molar refractivity (Wildman–Crippen MR) is 71.2 cm³/mol. The Hall–Kier alpha value is -0.440. The molecule has 0 bridgehead atoms. The average Bonchev–Trinajstić information content (AvgIpc) is 2.85. The molecule has 0 aromatic rings. The quantitative estimate of drug-likeness (QED) is 0.732. The van der Waals surface area contributed by atoms with Gasteiger partial charge in [-0.15, -0.1) is 0 Å². The molecule has 0 saturated heterocycles. The lowest BCUT2D eigenvalue weighted by Gasteiger charge is -2.32. The van der Waals surface area contributed by atoms with Gasteiger partial charge in [0.1, 0.15) is 5.78 Å². The fourth-order valence-corrected chi connectivity index (χ4v) is 3.47. The van der Waals surface area contributed by atoms with Gasteiger partial charge in [0, 0.05) is 12.3 Å². The lowest BCUT2D eigenvalue weighted by atomic mass is 9.72. The number of hydrogen-bond acceptors (Lipinski definition) is 2. The summed E-state index contributed by atoms with van der Waals surface area (Å²) in [5.41, 5.74) is 2.15. The van der Waals surface area contributed by atoms with Crippen LogP contribution in [0.2, 0.25) is 0 Å². The lowest BCUT2D eigenvalue weighted by molar-refractivity contribution is -0.119. The number of carbonyl (C=O) groups excluding carboxylic acids is 2. The summed E-state index contributed by atoms with van der Waals surface area (Å²) in [6.07, 6.45) is 2.42. The van der Waals surface area contributed by atoms with E-state index in [9.17, 15) is 9.59 Å². The van der Waals surface area contributed by atoms with Crippen molar-refractivity contribution in [2.45, 2.75) is 51.3 Å². The maximum atomic E-state index is 12.0. The summed E-state index contributed by atoms with van der Waals surface area (Å²) in [6, 6.07) is 0. The molecule has 0 spiro atoms. The second kappa shape index (κ2) is 3.78. The van der Waals surface area contributed by atoms with Crippen molar-refractivity contribution in [2.75, 3.05) is 0 Å². The van der Waals surface area contributed by atoms with Crippen molar-refractivity contribution in [1.82, 2.24) is 0 Å². The number of rotatable bonds is 2. The smallest absolute Gasteiger partial charge is 0.159 e. The Morgan fingerprint density at radius 1 is 1.35 bits per heavy atom. The van der Waals surface area contributed by atoms with E-state index in [-0.39, 0.29) is 27.2 Å². The van der Waals surface area contributed by atoms with Crippen LogP contribution in [0.25, 0.3) is 0 Å². The van der Waals surface area contributed by atoms with Crippen molar-refractivity contribution in [2.24, 2.45) is 11.3 Å². The van der Waals surface area contributed by atoms with Gasteiger partial charge in [0.25, 0.3) is 0 Å². The number of alkyl halides is 1. The molecular weight excluding hydrogens is 280 g/mol. The normalized spacial score (nSPS) is 36.1. The summed E-state index contributed by atoms with van der Waals surface area (Å²) in [4.78, 5) is 23.6. The number of allylic oxidation sites excluding steroid dienone is 2. The molecule has 0 heterocycles. The van der Waals surface area contributed by atoms with Crippen LogP contribution in [0.1, 0.15) is 47.0 Å². The molecule has 2 rings (SSSR count). The van der Waals surface area contributed by atoms with E-state index >= 15 is 0 Å². The van der Waals surface area contributed by atoms with E-state index in [1.807, 2.05) is 6.92 Å². The van der Waals surface area contributed by atoms with Crippen LogP contribution in [0.4, 0.5) is 0 Å². The highest BCUT2D eigenvalue weighted by Gasteiger charge is 2.59. The highest BCUT2D eigenvalue weighted by molar-refractivity contribution is 9.10. The topological polar surface area (TPSA) is 34.1 Å². The second-order valence-electron chi connectivity index (χ2n) is 6.27. The molecule has 1 saturated carbocycles. The van der Waals surface area contributed by atoms with Gasteiger partial charge in [-0.3, -0.25) is 9.59 Å². The van der Waals surface area contributed by atoms with Crippen molar-refractivity contribution in [3.05, 3.63) is 11.1 Å². The largest absolute Gasteiger partial charge is 0.298 e. The maximum Gasteiger partial charge on any atom is 0.159 e.